The Morgan fingerprint density at radius 1 is 1.24 bits per heavy atom. The topological polar surface area (TPSA) is 104 Å². The summed E-state index contributed by atoms with van der Waals surface area (Å²) in [4.78, 5) is 22.0. The van der Waals surface area contributed by atoms with E-state index in [0.717, 1.165) is 46.8 Å². The summed E-state index contributed by atoms with van der Waals surface area (Å²) in [6.07, 6.45) is 4.86. The van der Waals surface area contributed by atoms with Gasteiger partial charge in [0, 0.05) is 42.0 Å². The number of methoxy groups -OCH3 is 1. The maximum Gasteiger partial charge on any atom is 0.248 e. The van der Waals surface area contributed by atoms with Crippen molar-refractivity contribution in [3.8, 4) is 28.3 Å². The van der Waals surface area contributed by atoms with Gasteiger partial charge in [-0.05, 0) is 43.2 Å². The highest BCUT2D eigenvalue weighted by Crippen LogP contribution is 2.39. The number of aliphatic hydroxyl groups excluding tert-OH is 1. The minimum Gasteiger partial charge on any atom is -0.497 e. The van der Waals surface area contributed by atoms with Crippen LogP contribution in [0, 0.1) is 0 Å². The van der Waals surface area contributed by atoms with Gasteiger partial charge in [-0.15, -0.1) is 0 Å². The number of aromatic amines is 1. The number of hydrogen-bond acceptors (Lipinski definition) is 6. The van der Waals surface area contributed by atoms with Crippen molar-refractivity contribution in [2.45, 2.75) is 18.8 Å². The molecule has 0 aliphatic carbocycles. The fraction of sp³-hybridized carbons (Fsp3) is 0.333. The van der Waals surface area contributed by atoms with E-state index in [4.69, 9.17) is 9.84 Å². The maximum atomic E-state index is 11.8. The molecule has 1 saturated heterocycles. The van der Waals surface area contributed by atoms with Crippen LogP contribution < -0.4 is 4.74 Å². The summed E-state index contributed by atoms with van der Waals surface area (Å²) in [5, 5.41) is 16.9. The summed E-state index contributed by atoms with van der Waals surface area (Å²) < 4.78 is 5.26. The third kappa shape index (κ3) is 3.84. The summed E-state index contributed by atoms with van der Waals surface area (Å²) in [6.45, 7) is 0.789. The summed E-state index contributed by atoms with van der Waals surface area (Å²) in [5.41, 5.74) is 4.59. The number of piperidine rings is 1. The third-order valence-electron chi connectivity index (χ3n) is 5.39. The van der Waals surface area contributed by atoms with Gasteiger partial charge in [0.15, 0.2) is 0 Å². The quantitative estimate of drug-likeness (QED) is 0.689. The third-order valence-corrected chi connectivity index (χ3v) is 5.39. The van der Waals surface area contributed by atoms with Crippen LogP contribution in [0.5, 0.6) is 5.75 Å². The van der Waals surface area contributed by atoms with E-state index in [0.29, 0.717) is 13.1 Å². The van der Waals surface area contributed by atoms with Crippen LogP contribution in [0.15, 0.2) is 42.9 Å². The lowest BCUT2D eigenvalue weighted by molar-refractivity contribution is -0.135. The predicted molar refractivity (Wildman–Crippen MR) is 107 cm³/mol. The SMILES string of the molecule is COc1ccc(-c2n[nH]c(C3CCN(C(=O)CO)CC3)c2-c2ccncn2)cc1. The summed E-state index contributed by atoms with van der Waals surface area (Å²) in [7, 11) is 1.64. The van der Waals surface area contributed by atoms with E-state index in [2.05, 4.69) is 20.2 Å². The van der Waals surface area contributed by atoms with E-state index in [1.54, 1.807) is 18.2 Å². The molecule has 2 N–H and O–H groups in total. The molecule has 29 heavy (non-hydrogen) atoms. The van der Waals surface area contributed by atoms with Gasteiger partial charge in [0.1, 0.15) is 24.4 Å². The number of aliphatic hydroxyl groups is 1. The van der Waals surface area contributed by atoms with Gasteiger partial charge in [-0.1, -0.05) is 0 Å². The van der Waals surface area contributed by atoms with Crippen molar-refractivity contribution < 1.29 is 14.6 Å². The fourth-order valence-corrected chi connectivity index (χ4v) is 3.82. The number of amides is 1. The molecular formula is C21H23N5O3. The Balaban J connectivity index is 1.70. The second-order valence-electron chi connectivity index (χ2n) is 7.00. The van der Waals surface area contributed by atoms with Gasteiger partial charge >= 0.3 is 0 Å². The van der Waals surface area contributed by atoms with Gasteiger partial charge in [0.05, 0.1) is 12.8 Å². The van der Waals surface area contributed by atoms with Crippen LogP contribution in [-0.4, -0.2) is 62.9 Å². The number of carbonyl (C=O) groups excluding carboxylic acids is 1. The Hall–Kier alpha value is -3.26. The molecule has 1 aliphatic rings. The number of likely N-dealkylation sites (tertiary alicyclic amines) is 1. The number of hydrogen-bond donors (Lipinski definition) is 2. The highest BCUT2D eigenvalue weighted by Gasteiger charge is 2.29. The van der Waals surface area contributed by atoms with Gasteiger partial charge in [-0.25, -0.2) is 9.97 Å². The molecule has 150 valence electrons. The average Bonchev–Trinajstić information content (AvgIpc) is 3.24. The van der Waals surface area contributed by atoms with Gasteiger partial charge in [-0.3, -0.25) is 9.89 Å². The van der Waals surface area contributed by atoms with Crippen LogP contribution in [0.2, 0.25) is 0 Å². The van der Waals surface area contributed by atoms with Gasteiger partial charge in [0.2, 0.25) is 5.91 Å². The largest absolute Gasteiger partial charge is 0.497 e. The van der Waals surface area contributed by atoms with Crippen molar-refractivity contribution in [2.24, 2.45) is 0 Å². The Morgan fingerprint density at radius 3 is 2.62 bits per heavy atom. The number of rotatable bonds is 5. The zero-order chi connectivity index (χ0) is 20.2. The highest BCUT2D eigenvalue weighted by atomic mass is 16.5. The molecule has 0 bridgehead atoms. The normalized spacial score (nSPS) is 14.8. The van der Waals surface area contributed by atoms with Gasteiger partial charge in [0.25, 0.3) is 0 Å². The Labute approximate surface area is 168 Å². The molecule has 1 aromatic carbocycles. The highest BCUT2D eigenvalue weighted by molar-refractivity contribution is 5.81. The first-order chi connectivity index (χ1) is 14.2. The Kier molecular flexibility index (Phi) is 5.53. The molecule has 0 radical (unpaired) electrons. The number of nitrogens with one attached hydrogen (secondary N) is 1. The lowest BCUT2D eigenvalue weighted by Gasteiger charge is -2.31. The lowest BCUT2D eigenvalue weighted by atomic mass is 9.89. The van der Waals surface area contributed by atoms with Crippen molar-refractivity contribution >= 4 is 5.91 Å². The van der Waals surface area contributed by atoms with E-state index in [9.17, 15) is 4.79 Å². The van der Waals surface area contributed by atoms with Gasteiger partial charge in [-0.2, -0.15) is 5.10 Å². The van der Waals surface area contributed by atoms with Crippen LogP contribution in [-0.2, 0) is 4.79 Å². The molecule has 3 heterocycles. The number of carbonyl (C=O) groups is 1. The Morgan fingerprint density at radius 2 is 2.00 bits per heavy atom. The van der Waals surface area contributed by atoms with Crippen molar-refractivity contribution in [1.82, 2.24) is 25.1 Å². The smallest absolute Gasteiger partial charge is 0.248 e. The summed E-state index contributed by atoms with van der Waals surface area (Å²) >= 11 is 0. The molecule has 0 spiro atoms. The zero-order valence-electron chi connectivity index (χ0n) is 16.2. The van der Waals surface area contributed by atoms with E-state index in [-0.39, 0.29) is 11.8 Å². The molecule has 1 amide bonds. The van der Waals surface area contributed by atoms with Crippen LogP contribution in [0.4, 0.5) is 0 Å². The summed E-state index contributed by atoms with van der Waals surface area (Å²) in [6, 6.07) is 9.66. The fourth-order valence-electron chi connectivity index (χ4n) is 3.82. The van der Waals surface area contributed by atoms with Crippen LogP contribution in [0.25, 0.3) is 22.5 Å². The molecule has 1 fully saturated rings. The minimum absolute atomic E-state index is 0.219. The number of H-pyrrole nitrogens is 1. The molecule has 8 heteroatoms. The van der Waals surface area contributed by atoms with E-state index >= 15 is 0 Å². The summed E-state index contributed by atoms with van der Waals surface area (Å²) in [5.74, 6) is 0.791. The number of benzene rings is 1. The van der Waals surface area contributed by atoms with Crippen molar-refractivity contribution in [2.75, 3.05) is 26.8 Å². The first kappa shape index (κ1) is 19.1. The zero-order valence-corrected chi connectivity index (χ0v) is 16.2. The molecule has 8 nitrogen and oxygen atoms in total. The molecule has 3 aromatic rings. The lowest BCUT2D eigenvalue weighted by Crippen LogP contribution is -2.39. The number of ether oxygens (including phenoxy) is 1. The number of nitrogens with zero attached hydrogens (tertiary/aromatic N) is 4. The van der Waals surface area contributed by atoms with Crippen LogP contribution in [0.1, 0.15) is 24.5 Å². The van der Waals surface area contributed by atoms with Crippen molar-refractivity contribution in [1.29, 1.82) is 0 Å². The maximum absolute atomic E-state index is 11.8. The van der Waals surface area contributed by atoms with E-state index < -0.39 is 6.61 Å². The van der Waals surface area contributed by atoms with Crippen molar-refractivity contribution in [3.63, 3.8) is 0 Å². The minimum atomic E-state index is -0.442. The molecular weight excluding hydrogens is 370 g/mol. The molecule has 1 aliphatic heterocycles. The van der Waals surface area contributed by atoms with E-state index in [1.807, 2.05) is 30.3 Å². The monoisotopic (exact) mass is 393 g/mol. The average molecular weight is 393 g/mol. The molecule has 0 atom stereocenters. The first-order valence-electron chi connectivity index (χ1n) is 9.59. The van der Waals surface area contributed by atoms with Gasteiger partial charge < -0.3 is 14.7 Å². The van der Waals surface area contributed by atoms with Crippen LogP contribution in [0.3, 0.4) is 0 Å². The molecule has 2 aromatic heterocycles. The molecule has 0 saturated carbocycles. The molecule has 0 unspecified atom stereocenters. The Bertz CT molecular complexity index is 964. The second-order valence-corrected chi connectivity index (χ2v) is 7.00. The predicted octanol–water partition coefficient (Wildman–Crippen LogP) is 2.24. The van der Waals surface area contributed by atoms with E-state index in [1.165, 1.54) is 6.33 Å². The second kappa shape index (κ2) is 8.40. The van der Waals surface area contributed by atoms with Crippen molar-refractivity contribution in [3.05, 3.63) is 48.5 Å². The number of aromatic nitrogens is 4. The van der Waals surface area contributed by atoms with Crippen LogP contribution >= 0.6 is 0 Å². The standard InChI is InChI=1S/C21H23N5O3/c1-29-16-4-2-14(3-5-16)20-19(17-6-9-22-13-23-17)21(25-24-20)15-7-10-26(11-8-15)18(28)12-27/h2-6,9,13,15,27H,7-8,10-12H2,1H3,(H,24,25). The first-order valence-corrected chi connectivity index (χ1v) is 9.59. The molecule has 4 rings (SSSR count).